The number of piperazine rings is 1. The molecule has 0 spiro atoms. The van der Waals surface area contributed by atoms with E-state index in [-0.39, 0.29) is 23.0 Å². The van der Waals surface area contributed by atoms with Crippen LogP contribution in [0.2, 0.25) is 5.02 Å². The van der Waals surface area contributed by atoms with Gasteiger partial charge < -0.3 is 10.2 Å². The number of halogens is 2. The minimum absolute atomic E-state index is 0.00759. The van der Waals surface area contributed by atoms with Gasteiger partial charge in [0.25, 0.3) is 10.0 Å². The van der Waals surface area contributed by atoms with Crippen molar-refractivity contribution in [2.24, 2.45) is 0 Å². The second kappa shape index (κ2) is 7.13. The van der Waals surface area contributed by atoms with Gasteiger partial charge in [0.2, 0.25) is 5.91 Å². The highest BCUT2D eigenvalue weighted by Gasteiger charge is 2.21. The van der Waals surface area contributed by atoms with Gasteiger partial charge in [-0.1, -0.05) is 11.6 Å². The van der Waals surface area contributed by atoms with Gasteiger partial charge in [0.05, 0.1) is 27.8 Å². The maximum Gasteiger partial charge on any atom is 0.262 e. The topological polar surface area (TPSA) is 78.5 Å². The van der Waals surface area contributed by atoms with Gasteiger partial charge in [0.15, 0.2) is 0 Å². The Morgan fingerprint density at radius 3 is 2.65 bits per heavy atom. The molecule has 2 aromatic carbocycles. The predicted octanol–water partition coefficient (Wildman–Crippen LogP) is 2.52. The molecule has 26 heavy (non-hydrogen) atoms. The maximum atomic E-state index is 13.2. The zero-order valence-corrected chi connectivity index (χ0v) is 15.5. The lowest BCUT2D eigenvalue weighted by molar-refractivity contribution is -0.120. The van der Waals surface area contributed by atoms with Crippen LogP contribution in [0.5, 0.6) is 0 Å². The molecule has 1 fully saturated rings. The van der Waals surface area contributed by atoms with Crippen LogP contribution in [0, 0.1) is 12.7 Å². The van der Waals surface area contributed by atoms with Gasteiger partial charge in [-0.2, -0.15) is 0 Å². The van der Waals surface area contributed by atoms with Gasteiger partial charge in [0.1, 0.15) is 5.82 Å². The van der Waals surface area contributed by atoms with Crippen molar-refractivity contribution in [1.29, 1.82) is 0 Å². The Hall–Kier alpha value is -2.32. The molecule has 6 nitrogen and oxygen atoms in total. The first-order valence-corrected chi connectivity index (χ1v) is 9.72. The molecule has 1 aliphatic heterocycles. The summed E-state index contributed by atoms with van der Waals surface area (Å²) in [6.07, 6.45) is 0. The van der Waals surface area contributed by atoms with Crippen molar-refractivity contribution in [2.75, 3.05) is 29.3 Å². The number of hydrogen-bond acceptors (Lipinski definition) is 4. The predicted molar refractivity (Wildman–Crippen MR) is 98.6 cm³/mol. The molecule has 0 radical (unpaired) electrons. The molecule has 0 saturated carbocycles. The molecular weight excluding hydrogens is 381 g/mol. The zero-order chi connectivity index (χ0) is 18.9. The Morgan fingerprint density at radius 1 is 1.23 bits per heavy atom. The van der Waals surface area contributed by atoms with Crippen LogP contribution in [-0.2, 0) is 14.8 Å². The van der Waals surface area contributed by atoms with E-state index in [4.69, 9.17) is 11.6 Å². The van der Waals surface area contributed by atoms with Crippen molar-refractivity contribution in [3.8, 4) is 0 Å². The number of benzene rings is 2. The summed E-state index contributed by atoms with van der Waals surface area (Å²) in [5.74, 6) is -0.594. The van der Waals surface area contributed by atoms with Crippen molar-refractivity contribution in [1.82, 2.24) is 5.32 Å². The Morgan fingerprint density at radius 2 is 2.00 bits per heavy atom. The number of amides is 1. The normalized spacial score (nSPS) is 14.9. The number of aryl methyl sites for hydroxylation is 1. The highest BCUT2D eigenvalue weighted by Crippen LogP contribution is 2.30. The van der Waals surface area contributed by atoms with E-state index >= 15 is 0 Å². The summed E-state index contributed by atoms with van der Waals surface area (Å²) < 4.78 is 40.7. The van der Waals surface area contributed by atoms with Crippen molar-refractivity contribution >= 4 is 38.9 Å². The average molecular weight is 398 g/mol. The lowest BCUT2D eigenvalue weighted by atomic mass is 10.2. The number of anilines is 2. The lowest BCUT2D eigenvalue weighted by Crippen LogP contribution is -2.47. The second-order valence-electron chi connectivity index (χ2n) is 5.95. The van der Waals surface area contributed by atoms with Crippen molar-refractivity contribution < 1.29 is 17.6 Å². The molecule has 9 heteroatoms. The van der Waals surface area contributed by atoms with Gasteiger partial charge in [-0.05, 0) is 48.9 Å². The minimum atomic E-state index is -3.88. The largest absolute Gasteiger partial charge is 0.359 e. The molecule has 0 unspecified atom stereocenters. The van der Waals surface area contributed by atoms with Crippen molar-refractivity contribution in [3.63, 3.8) is 0 Å². The fourth-order valence-electron chi connectivity index (χ4n) is 2.80. The van der Waals surface area contributed by atoms with E-state index < -0.39 is 15.8 Å². The smallest absolute Gasteiger partial charge is 0.262 e. The molecule has 1 heterocycles. The Balaban J connectivity index is 1.84. The summed E-state index contributed by atoms with van der Waals surface area (Å²) >= 11 is 6.28. The molecule has 0 aliphatic carbocycles. The summed E-state index contributed by atoms with van der Waals surface area (Å²) in [5.41, 5.74) is 1.24. The van der Waals surface area contributed by atoms with Gasteiger partial charge in [-0.15, -0.1) is 0 Å². The first-order valence-electron chi connectivity index (χ1n) is 7.86. The summed E-state index contributed by atoms with van der Waals surface area (Å²) in [7, 11) is -3.88. The van der Waals surface area contributed by atoms with Crippen LogP contribution in [0.1, 0.15) is 5.56 Å². The number of nitrogens with one attached hydrogen (secondary N) is 2. The van der Waals surface area contributed by atoms with Crippen LogP contribution >= 0.6 is 11.6 Å². The first-order chi connectivity index (χ1) is 12.3. The van der Waals surface area contributed by atoms with Crippen LogP contribution in [0.3, 0.4) is 0 Å². The molecule has 1 amide bonds. The third-order valence-electron chi connectivity index (χ3n) is 4.01. The number of rotatable bonds is 4. The Bertz CT molecular complexity index is 966. The standard InChI is InChI=1S/C17H17ClFN3O3S/c1-11-8-12(19)2-5-16(11)26(24,25)21-13-3-4-15(14(18)9-13)22-7-6-20-17(23)10-22/h2-5,8-9,21H,6-7,10H2,1H3,(H,20,23). The molecule has 3 rings (SSSR count). The molecule has 1 aliphatic rings. The number of carbonyl (C=O) groups excluding carboxylic acids is 1. The SMILES string of the molecule is Cc1cc(F)ccc1S(=O)(=O)Nc1ccc(N2CCNC(=O)C2)c(Cl)c1. The quantitative estimate of drug-likeness (QED) is 0.831. The molecule has 2 aromatic rings. The Kier molecular flexibility index (Phi) is 5.06. The molecule has 1 saturated heterocycles. The highest BCUT2D eigenvalue weighted by molar-refractivity contribution is 7.92. The molecular formula is C17H17ClFN3O3S. The van der Waals surface area contributed by atoms with E-state index in [1.807, 2.05) is 4.90 Å². The number of nitrogens with zero attached hydrogens (tertiary/aromatic N) is 1. The minimum Gasteiger partial charge on any atom is -0.359 e. The van der Waals surface area contributed by atoms with Crippen LogP contribution in [0.15, 0.2) is 41.3 Å². The maximum absolute atomic E-state index is 13.2. The Labute approximate surface area is 156 Å². The summed E-state index contributed by atoms with van der Waals surface area (Å²) in [4.78, 5) is 13.3. The molecule has 0 aromatic heterocycles. The van der Waals surface area contributed by atoms with E-state index in [0.717, 1.165) is 12.1 Å². The van der Waals surface area contributed by atoms with Crippen LogP contribution < -0.4 is 14.9 Å². The van der Waals surface area contributed by atoms with E-state index in [1.54, 1.807) is 12.1 Å². The zero-order valence-electron chi connectivity index (χ0n) is 13.9. The molecule has 2 N–H and O–H groups in total. The van der Waals surface area contributed by atoms with Crippen molar-refractivity contribution in [2.45, 2.75) is 11.8 Å². The number of carbonyl (C=O) groups is 1. The third-order valence-corrected chi connectivity index (χ3v) is 5.85. The molecule has 0 atom stereocenters. The highest BCUT2D eigenvalue weighted by atomic mass is 35.5. The van der Waals surface area contributed by atoms with Crippen LogP contribution in [0.25, 0.3) is 0 Å². The molecule has 0 bridgehead atoms. The number of hydrogen-bond donors (Lipinski definition) is 2. The summed E-state index contributed by atoms with van der Waals surface area (Å²) in [5, 5.41) is 3.06. The fourth-order valence-corrected chi connectivity index (χ4v) is 4.37. The summed E-state index contributed by atoms with van der Waals surface area (Å²) in [6.45, 7) is 2.85. The number of sulfonamides is 1. The third kappa shape index (κ3) is 3.91. The van der Waals surface area contributed by atoms with E-state index in [0.29, 0.717) is 29.4 Å². The van der Waals surface area contributed by atoms with E-state index in [9.17, 15) is 17.6 Å². The van der Waals surface area contributed by atoms with Crippen LogP contribution in [-0.4, -0.2) is 34.0 Å². The average Bonchev–Trinajstić information content (AvgIpc) is 2.54. The first kappa shape index (κ1) is 18.5. The van der Waals surface area contributed by atoms with Crippen LogP contribution in [0.4, 0.5) is 15.8 Å². The van der Waals surface area contributed by atoms with Gasteiger partial charge in [-0.3, -0.25) is 9.52 Å². The van der Waals surface area contributed by atoms with Gasteiger partial charge in [0, 0.05) is 13.1 Å². The van der Waals surface area contributed by atoms with Gasteiger partial charge in [-0.25, -0.2) is 12.8 Å². The second-order valence-corrected chi connectivity index (χ2v) is 8.01. The van der Waals surface area contributed by atoms with E-state index in [2.05, 4.69) is 10.0 Å². The summed E-state index contributed by atoms with van der Waals surface area (Å²) in [6, 6.07) is 8.20. The monoisotopic (exact) mass is 397 g/mol. The van der Waals surface area contributed by atoms with Crippen molar-refractivity contribution in [3.05, 3.63) is 52.8 Å². The van der Waals surface area contributed by atoms with E-state index in [1.165, 1.54) is 19.1 Å². The van der Waals surface area contributed by atoms with Gasteiger partial charge >= 0.3 is 0 Å². The lowest BCUT2D eigenvalue weighted by Gasteiger charge is -2.29. The molecule has 138 valence electrons. The fraction of sp³-hybridized carbons (Fsp3) is 0.235.